The van der Waals surface area contributed by atoms with Gasteiger partial charge in [-0.2, -0.15) is 0 Å². The van der Waals surface area contributed by atoms with Crippen LogP contribution in [0.3, 0.4) is 0 Å². The van der Waals surface area contributed by atoms with Crippen LogP contribution in [0.1, 0.15) is 6.92 Å². The maximum absolute atomic E-state index is 12.8. The Bertz CT molecular complexity index is 1030. The molecular formula is C21H19ClO6. The van der Waals surface area contributed by atoms with Crippen molar-refractivity contribution in [2.75, 3.05) is 26.4 Å². The van der Waals surface area contributed by atoms with Gasteiger partial charge >= 0.3 is 5.97 Å². The van der Waals surface area contributed by atoms with Crippen LogP contribution in [0.4, 0.5) is 0 Å². The molecule has 0 unspecified atom stereocenters. The predicted molar refractivity (Wildman–Crippen MR) is 106 cm³/mol. The lowest BCUT2D eigenvalue weighted by Crippen LogP contribution is -2.17. The lowest BCUT2D eigenvalue weighted by Gasteiger charge is -2.08. The van der Waals surface area contributed by atoms with E-state index in [0.29, 0.717) is 46.1 Å². The lowest BCUT2D eigenvalue weighted by atomic mass is 10.1. The Morgan fingerprint density at radius 1 is 1.11 bits per heavy atom. The van der Waals surface area contributed by atoms with E-state index in [1.54, 1.807) is 42.5 Å². The molecule has 0 N–H and O–H groups in total. The summed E-state index contributed by atoms with van der Waals surface area (Å²) in [6.07, 6.45) is 1.37. The van der Waals surface area contributed by atoms with Crippen LogP contribution in [-0.2, 0) is 14.3 Å². The van der Waals surface area contributed by atoms with Gasteiger partial charge in [-0.3, -0.25) is 4.79 Å². The fraction of sp³-hybridized carbons (Fsp3) is 0.238. The van der Waals surface area contributed by atoms with Gasteiger partial charge in [0, 0.05) is 23.3 Å². The number of esters is 1. The van der Waals surface area contributed by atoms with E-state index in [-0.39, 0.29) is 18.6 Å². The predicted octanol–water partition coefficient (Wildman–Crippen LogP) is 4.07. The van der Waals surface area contributed by atoms with E-state index in [0.717, 1.165) is 0 Å². The summed E-state index contributed by atoms with van der Waals surface area (Å²) >= 11 is 6.18. The van der Waals surface area contributed by atoms with Crippen LogP contribution in [0.15, 0.2) is 57.9 Å². The maximum atomic E-state index is 12.8. The molecule has 0 fully saturated rings. The first-order valence-electron chi connectivity index (χ1n) is 8.76. The van der Waals surface area contributed by atoms with E-state index in [2.05, 4.69) is 0 Å². The van der Waals surface area contributed by atoms with Crippen molar-refractivity contribution in [3.8, 4) is 16.9 Å². The largest absolute Gasteiger partial charge is 0.482 e. The van der Waals surface area contributed by atoms with Gasteiger partial charge in [-0.1, -0.05) is 29.8 Å². The summed E-state index contributed by atoms with van der Waals surface area (Å²) < 4.78 is 21.1. The molecule has 0 amide bonds. The molecular weight excluding hydrogens is 384 g/mol. The normalized spacial score (nSPS) is 10.8. The zero-order valence-electron chi connectivity index (χ0n) is 15.3. The van der Waals surface area contributed by atoms with Crippen molar-refractivity contribution >= 4 is 28.5 Å². The molecule has 0 saturated heterocycles. The molecule has 3 rings (SSSR count). The van der Waals surface area contributed by atoms with Gasteiger partial charge in [0.25, 0.3) is 0 Å². The average molecular weight is 403 g/mol. The van der Waals surface area contributed by atoms with Crippen molar-refractivity contribution in [1.82, 2.24) is 0 Å². The van der Waals surface area contributed by atoms with Gasteiger partial charge in [0.15, 0.2) is 6.61 Å². The summed E-state index contributed by atoms with van der Waals surface area (Å²) in [5.74, 6) is -0.113. The van der Waals surface area contributed by atoms with Gasteiger partial charge in [0.2, 0.25) is 5.43 Å². The monoisotopic (exact) mass is 402 g/mol. The number of rotatable bonds is 8. The molecule has 6 nitrogen and oxygen atoms in total. The zero-order chi connectivity index (χ0) is 19.9. The van der Waals surface area contributed by atoms with Crippen molar-refractivity contribution in [3.05, 3.63) is 64.0 Å². The number of benzene rings is 2. The van der Waals surface area contributed by atoms with Crippen LogP contribution in [0, 0.1) is 0 Å². The average Bonchev–Trinajstić information content (AvgIpc) is 2.71. The second kappa shape index (κ2) is 9.39. The standard InChI is InChI=1S/C21H19ClO6/c1-2-25-9-10-26-20(23)13-27-14-7-8-16-19(11-14)28-12-17(21(16)24)15-5-3-4-6-18(15)22/h3-8,11-12H,2,9-10,13H2,1H3. The third-order valence-corrected chi connectivity index (χ3v) is 4.29. The molecule has 0 atom stereocenters. The van der Waals surface area contributed by atoms with E-state index < -0.39 is 5.97 Å². The molecule has 0 aliphatic heterocycles. The smallest absolute Gasteiger partial charge is 0.344 e. The first kappa shape index (κ1) is 19.9. The first-order valence-corrected chi connectivity index (χ1v) is 9.14. The number of carbonyl (C=O) groups is 1. The maximum Gasteiger partial charge on any atom is 0.344 e. The van der Waals surface area contributed by atoms with Crippen LogP contribution in [0.2, 0.25) is 5.02 Å². The van der Waals surface area contributed by atoms with Gasteiger partial charge in [-0.15, -0.1) is 0 Å². The van der Waals surface area contributed by atoms with Crippen molar-refractivity contribution in [2.24, 2.45) is 0 Å². The Kier molecular flexibility index (Phi) is 6.68. The quantitative estimate of drug-likeness (QED) is 0.417. The fourth-order valence-electron chi connectivity index (χ4n) is 2.61. The number of hydrogen-bond donors (Lipinski definition) is 0. The van der Waals surface area contributed by atoms with Crippen molar-refractivity contribution < 1.29 is 23.4 Å². The van der Waals surface area contributed by atoms with Crippen molar-refractivity contribution in [3.63, 3.8) is 0 Å². The summed E-state index contributed by atoms with van der Waals surface area (Å²) in [6, 6.07) is 11.8. The minimum absolute atomic E-state index is 0.174. The highest BCUT2D eigenvalue weighted by Crippen LogP contribution is 2.27. The van der Waals surface area contributed by atoms with Crippen LogP contribution in [0.5, 0.6) is 5.75 Å². The topological polar surface area (TPSA) is 75.0 Å². The Hall–Kier alpha value is -2.83. The number of carbonyl (C=O) groups excluding carboxylic acids is 1. The molecule has 1 heterocycles. The van der Waals surface area contributed by atoms with Crippen LogP contribution < -0.4 is 10.2 Å². The number of ether oxygens (including phenoxy) is 3. The number of fused-ring (bicyclic) bond motifs is 1. The third-order valence-electron chi connectivity index (χ3n) is 3.96. The van der Waals surface area contributed by atoms with Gasteiger partial charge in [-0.05, 0) is 25.1 Å². The van der Waals surface area contributed by atoms with Crippen LogP contribution in [0.25, 0.3) is 22.1 Å². The van der Waals surface area contributed by atoms with Gasteiger partial charge in [0.05, 0.1) is 17.6 Å². The summed E-state index contributed by atoms with van der Waals surface area (Å²) in [7, 11) is 0. The molecule has 0 radical (unpaired) electrons. The highest BCUT2D eigenvalue weighted by molar-refractivity contribution is 6.33. The first-order chi connectivity index (χ1) is 13.6. The van der Waals surface area contributed by atoms with Gasteiger partial charge in [-0.25, -0.2) is 4.79 Å². The minimum atomic E-state index is -0.504. The molecule has 0 aliphatic carbocycles. The van der Waals surface area contributed by atoms with Crippen molar-refractivity contribution in [1.29, 1.82) is 0 Å². The van der Waals surface area contributed by atoms with Crippen LogP contribution in [-0.4, -0.2) is 32.4 Å². The molecule has 3 aromatic rings. The Labute approximate surface area is 166 Å². The summed E-state index contributed by atoms with van der Waals surface area (Å²) in [5.41, 5.74) is 1.14. The van der Waals surface area contributed by atoms with E-state index in [1.165, 1.54) is 6.26 Å². The minimum Gasteiger partial charge on any atom is -0.482 e. The molecule has 7 heteroatoms. The molecule has 0 bridgehead atoms. The second-order valence-corrected chi connectivity index (χ2v) is 6.23. The number of halogens is 1. The summed E-state index contributed by atoms with van der Waals surface area (Å²) in [5, 5.41) is 0.862. The Morgan fingerprint density at radius 3 is 2.71 bits per heavy atom. The van der Waals surface area contributed by atoms with E-state index in [4.69, 9.17) is 30.2 Å². The van der Waals surface area contributed by atoms with Crippen molar-refractivity contribution in [2.45, 2.75) is 6.92 Å². The highest BCUT2D eigenvalue weighted by atomic mass is 35.5. The molecule has 0 saturated carbocycles. The summed E-state index contributed by atoms with van der Waals surface area (Å²) in [6.45, 7) is 2.69. The third kappa shape index (κ3) is 4.71. The van der Waals surface area contributed by atoms with Crippen LogP contribution >= 0.6 is 11.6 Å². The highest BCUT2D eigenvalue weighted by Gasteiger charge is 2.13. The van der Waals surface area contributed by atoms with E-state index >= 15 is 0 Å². The van der Waals surface area contributed by atoms with Gasteiger partial charge < -0.3 is 18.6 Å². The molecule has 28 heavy (non-hydrogen) atoms. The molecule has 146 valence electrons. The fourth-order valence-corrected chi connectivity index (χ4v) is 2.84. The molecule has 0 aliphatic rings. The van der Waals surface area contributed by atoms with E-state index in [1.807, 2.05) is 6.92 Å². The second-order valence-electron chi connectivity index (χ2n) is 5.82. The van der Waals surface area contributed by atoms with Gasteiger partial charge in [0.1, 0.15) is 24.2 Å². The Balaban J connectivity index is 1.73. The molecule has 0 spiro atoms. The summed E-state index contributed by atoms with van der Waals surface area (Å²) in [4.78, 5) is 24.4. The SMILES string of the molecule is CCOCCOC(=O)COc1ccc2c(=O)c(-c3ccccc3Cl)coc2c1. The Morgan fingerprint density at radius 2 is 1.93 bits per heavy atom. The lowest BCUT2D eigenvalue weighted by molar-refractivity contribution is -0.147. The van der Waals surface area contributed by atoms with E-state index in [9.17, 15) is 9.59 Å². The molecule has 1 aromatic heterocycles. The molecule has 2 aromatic carbocycles. The zero-order valence-corrected chi connectivity index (χ0v) is 16.0. The number of hydrogen-bond acceptors (Lipinski definition) is 6.